The first-order valence-corrected chi connectivity index (χ1v) is 4.61. The molecule has 1 aromatic carbocycles. The first-order valence-electron chi connectivity index (χ1n) is 4.61. The van der Waals surface area contributed by atoms with Crippen LogP contribution in [0.1, 0.15) is 0 Å². The van der Waals surface area contributed by atoms with Crippen molar-refractivity contribution in [2.24, 2.45) is 10.2 Å². The molecule has 0 unspecified atom stereocenters. The lowest BCUT2D eigenvalue weighted by atomic mass is 10.3. The smallest absolute Gasteiger partial charge is 0.291 e. The predicted octanol–water partition coefficient (Wildman–Crippen LogP) is 2.13. The van der Waals surface area contributed by atoms with Crippen molar-refractivity contribution in [3.63, 3.8) is 0 Å². The van der Waals surface area contributed by atoms with Crippen molar-refractivity contribution >= 4 is 11.4 Å². The number of methoxy groups -OCH3 is 1. The molecule has 0 fully saturated rings. The van der Waals surface area contributed by atoms with E-state index in [0.29, 0.717) is 5.69 Å². The first-order chi connectivity index (χ1) is 7.79. The number of hydrogen-bond acceptors (Lipinski definition) is 4. The van der Waals surface area contributed by atoms with Crippen LogP contribution >= 0.6 is 0 Å². The Balaban J connectivity index is 2.18. The summed E-state index contributed by atoms with van der Waals surface area (Å²) >= 11 is 0. The summed E-state index contributed by atoms with van der Waals surface area (Å²) in [7, 11) is 1.59. The van der Waals surface area contributed by atoms with Crippen LogP contribution in [0.25, 0.3) is 0 Å². The first kappa shape index (κ1) is 10.2. The molecule has 0 bridgehead atoms. The van der Waals surface area contributed by atoms with E-state index in [9.17, 15) is 4.79 Å². The van der Waals surface area contributed by atoms with Gasteiger partial charge in [-0.3, -0.25) is 9.89 Å². The molecule has 0 aliphatic carbocycles. The maximum atomic E-state index is 11.1. The highest BCUT2D eigenvalue weighted by Gasteiger charge is 1.97. The van der Waals surface area contributed by atoms with E-state index in [1.807, 2.05) is 0 Å². The van der Waals surface area contributed by atoms with Gasteiger partial charge in [0.2, 0.25) is 0 Å². The molecule has 1 aromatic heterocycles. The average molecular weight is 218 g/mol. The number of nitrogens with zero attached hydrogens (tertiary/aromatic N) is 2. The fourth-order valence-electron chi connectivity index (χ4n) is 1.13. The van der Waals surface area contributed by atoms with Gasteiger partial charge in [-0.2, -0.15) is 5.11 Å². The SMILES string of the molecule is COc1ccc(N=Nc2c[nH][nH]c2=O)cc1. The Bertz CT molecular complexity index is 538. The minimum atomic E-state index is -0.294. The van der Waals surface area contributed by atoms with Crippen LogP contribution < -0.4 is 10.3 Å². The zero-order valence-electron chi connectivity index (χ0n) is 8.60. The molecule has 0 radical (unpaired) electrons. The van der Waals surface area contributed by atoms with Crippen LogP contribution in [0, 0.1) is 0 Å². The second kappa shape index (κ2) is 4.43. The van der Waals surface area contributed by atoms with E-state index in [-0.39, 0.29) is 11.2 Å². The maximum Gasteiger partial charge on any atom is 0.291 e. The topological polar surface area (TPSA) is 82.6 Å². The molecule has 0 saturated heterocycles. The fraction of sp³-hybridized carbons (Fsp3) is 0.100. The quantitative estimate of drug-likeness (QED) is 0.773. The van der Waals surface area contributed by atoms with Crippen molar-refractivity contribution in [2.45, 2.75) is 0 Å². The normalized spacial score (nSPS) is 10.8. The molecular formula is C10H10N4O2. The number of benzene rings is 1. The Morgan fingerprint density at radius 2 is 1.94 bits per heavy atom. The minimum Gasteiger partial charge on any atom is -0.497 e. The van der Waals surface area contributed by atoms with Gasteiger partial charge in [-0.1, -0.05) is 0 Å². The van der Waals surface area contributed by atoms with Gasteiger partial charge < -0.3 is 9.84 Å². The lowest BCUT2D eigenvalue weighted by molar-refractivity contribution is 0.415. The van der Waals surface area contributed by atoms with Crippen LogP contribution in [0.5, 0.6) is 5.75 Å². The van der Waals surface area contributed by atoms with Gasteiger partial charge in [0.1, 0.15) is 5.75 Å². The van der Waals surface area contributed by atoms with Crippen molar-refractivity contribution in [2.75, 3.05) is 7.11 Å². The van der Waals surface area contributed by atoms with Gasteiger partial charge in [-0.25, -0.2) is 0 Å². The molecule has 2 rings (SSSR count). The standard InChI is InChI=1S/C10H10N4O2/c1-16-8-4-2-7(3-5-8)12-13-9-6-11-14-10(9)15/h2-6H,1H3,(H2,11,14,15). The molecule has 6 heteroatoms. The third-order valence-corrected chi connectivity index (χ3v) is 1.97. The number of hydrogen-bond donors (Lipinski definition) is 2. The molecule has 0 atom stereocenters. The molecule has 82 valence electrons. The number of aromatic nitrogens is 2. The van der Waals surface area contributed by atoms with Gasteiger partial charge in [0, 0.05) is 0 Å². The summed E-state index contributed by atoms with van der Waals surface area (Å²) < 4.78 is 5.01. The Morgan fingerprint density at radius 1 is 1.19 bits per heavy atom. The highest BCUT2D eigenvalue weighted by Crippen LogP contribution is 2.19. The Labute approximate surface area is 91.0 Å². The van der Waals surface area contributed by atoms with E-state index in [1.165, 1.54) is 6.20 Å². The van der Waals surface area contributed by atoms with Crippen LogP contribution in [-0.2, 0) is 0 Å². The van der Waals surface area contributed by atoms with Crippen molar-refractivity contribution in [3.05, 3.63) is 40.8 Å². The van der Waals surface area contributed by atoms with Gasteiger partial charge in [0.15, 0.2) is 5.69 Å². The third-order valence-electron chi connectivity index (χ3n) is 1.97. The summed E-state index contributed by atoms with van der Waals surface area (Å²) in [6.07, 6.45) is 1.45. The molecule has 0 amide bonds. The van der Waals surface area contributed by atoms with Crippen LogP contribution in [0.2, 0.25) is 0 Å². The molecule has 6 nitrogen and oxygen atoms in total. The number of H-pyrrole nitrogens is 2. The molecule has 0 spiro atoms. The van der Waals surface area contributed by atoms with Gasteiger partial charge in [-0.15, -0.1) is 5.11 Å². The van der Waals surface area contributed by atoms with E-state index < -0.39 is 0 Å². The van der Waals surface area contributed by atoms with Crippen LogP contribution in [0.4, 0.5) is 11.4 Å². The van der Waals surface area contributed by atoms with E-state index in [4.69, 9.17) is 4.74 Å². The number of azo groups is 1. The van der Waals surface area contributed by atoms with Crippen molar-refractivity contribution in [3.8, 4) is 5.75 Å². The lowest BCUT2D eigenvalue weighted by Gasteiger charge is -1.97. The minimum absolute atomic E-state index is 0.246. The van der Waals surface area contributed by atoms with Gasteiger partial charge >= 0.3 is 0 Å². The summed E-state index contributed by atoms with van der Waals surface area (Å²) in [5, 5.41) is 12.6. The summed E-state index contributed by atoms with van der Waals surface area (Å²) in [6, 6.07) is 7.05. The fourth-order valence-corrected chi connectivity index (χ4v) is 1.13. The van der Waals surface area contributed by atoms with Crippen LogP contribution in [0.3, 0.4) is 0 Å². The van der Waals surface area contributed by atoms with Crippen molar-refractivity contribution in [1.82, 2.24) is 10.2 Å². The number of rotatable bonds is 3. The van der Waals surface area contributed by atoms with Gasteiger partial charge in [0.25, 0.3) is 5.56 Å². The molecule has 2 N–H and O–H groups in total. The number of nitrogens with one attached hydrogen (secondary N) is 2. The van der Waals surface area contributed by atoms with E-state index in [0.717, 1.165) is 5.75 Å². The van der Waals surface area contributed by atoms with Crippen LogP contribution in [-0.4, -0.2) is 17.3 Å². The Morgan fingerprint density at radius 3 is 2.50 bits per heavy atom. The summed E-state index contributed by atoms with van der Waals surface area (Å²) in [6.45, 7) is 0. The summed E-state index contributed by atoms with van der Waals surface area (Å²) in [5.41, 5.74) is 0.606. The van der Waals surface area contributed by atoms with Gasteiger partial charge in [-0.05, 0) is 24.3 Å². The van der Waals surface area contributed by atoms with E-state index in [2.05, 4.69) is 20.4 Å². The Hall–Kier alpha value is -2.37. The molecule has 0 saturated carbocycles. The van der Waals surface area contributed by atoms with E-state index in [1.54, 1.807) is 31.4 Å². The average Bonchev–Trinajstić information content (AvgIpc) is 2.73. The van der Waals surface area contributed by atoms with E-state index >= 15 is 0 Å². The largest absolute Gasteiger partial charge is 0.497 e. The molecule has 2 aromatic rings. The summed E-state index contributed by atoms with van der Waals surface area (Å²) in [5.74, 6) is 0.749. The lowest BCUT2D eigenvalue weighted by Crippen LogP contribution is -1.96. The monoisotopic (exact) mass is 218 g/mol. The highest BCUT2D eigenvalue weighted by atomic mass is 16.5. The molecule has 16 heavy (non-hydrogen) atoms. The van der Waals surface area contributed by atoms with Crippen molar-refractivity contribution < 1.29 is 4.74 Å². The highest BCUT2D eigenvalue weighted by molar-refractivity contribution is 5.41. The maximum absolute atomic E-state index is 11.1. The third kappa shape index (κ3) is 2.17. The second-order valence-electron chi connectivity index (χ2n) is 3.03. The number of ether oxygens (including phenoxy) is 1. The zero-order chi connectivity index (χ0) is 11.4. The predicted molar refractivity (Wildman–Crippen MR) is 58.6 cm³/mol. The molecule has 1 heterocycles. The Kier molecular flexibility index (Phi) is 2.81. The number of aromatic amines is 2. The molecule has 0 aliphatic rings. The zero-order valence-corrected chi connectivity index (χ0v) is 8.60. The van der Waals surface area contributed by atoms with Crippen LogP contribution in [0.15, 0.2) is 45.5 Å². The summed E-state index contributed by atoms with van der Waals surface area (Å²) in [4.78, 5) is 11.1. The molecular weight excluding hydrogens is 208 g/mol. The van der Waals surface area contributed by atoms with Crippen molar-refractivity contribution in [1.29, 1.82) is 0 Å². The molecule has 0 aliphatic heterocycles. The second-order valence-corrected chi connectivity index (χ2v) is 3.03. The van der Waals surface area contributed by atoms with Gasteiger partial charge in [0.05, 0.1) is 19.0 Å².